The highest BCUT2D eigenvalue weighted by Gasteiger charge is 2.17. The van der Waals surface area contributed by atoms with E-state index in [0.717, 1.165) is 32.9 Å². The van der Waals surface area contributed by atoms with E-state index >= 15 is 0 Å². The monoisotopic (exact) mass is 252 g/mol. The number of rotatable bonds is 3. The third kappa shape index (κ3) is 1.90. The van der Waals surface area contributed by atoms with Crippen molar-refractivity contribution in [1.82, 2.24) is 4.98 Å². The molecule has 3 N–H and O–H groups in total. The normalized spacial score (nSPS) is 13.0. The van der Waals surface area contributed by atoms with Crippen molar-refractivity contribution in [1.29, 1.82) is 0 Å². The van der Waals surface area contributed by atoms with Gasteiger partial charge in [0.2, 0.25) is 0 Å². The van der Waals surface area contributed by atoms with E-state index in [1.165, 1.54) is 0 Å². The number of halogens is 1. The molecule has 1 atom stereocenters. The van der Waals surface area contributed by atoms with Gasteiger partial charge in [-0.25, -0.2) is 0 Å². The number of aromatic amines is 1. The van der Waals surface area contributed by atoms with E-state index < -0.39 is 0 Å². The molecule has 92 valence electrons. The number of aryl methyl sites for hydroxylation is 1. The van der Waals surface area contributed by atoms with E-state index in [4.69, 9.17) is 22.1 Å². The number of methoxy groups -OCH3 is 1. The van der Waals surface area contributed by atoms with Crippen molar-refractivity contribution in [3.05, 3.63) is 28.4 Å². The van der Waals surface area contributed by atoms with E-state index in [9.17, 15) is 0 Å². The molecule has 1 aromatic carbocycles. The van der Waals surface area contributed by atoms with Crippen molar-refractivity contribution < 1.29 is 4.74 Å². The molecule has 0 amide bonds. The first-order valence-electron chi connectivity index (χ1n) is 5.64. The van der Waals surface area contributed by atoms with E-state index in [2.05, 4.69) is 18.8 Å². The first-order chi connectivity index (χ1) is 8.10. The molecule has 3 nitrogen and oxygen atoms in total. The number of hydrogen-bond donors (Lipinski definition) is 2. The Morgan fingerprint density at radius 1 is 1.47 bits per heavy atom. The summed E-state index contributed by atoms with van der Waals surface area (Å²) in [4.78, 5) is 3.39. The molecule has 2 aromatic rings. The second-order valence-electron chi connectivity index (χ2n) is 4.30. The highest BCUT2D eigenvalue weighted by Crippen LogP contribution is 2.36. The first kappa shape index (κ1) is 12.3. The summed E-state index contributed by atoms with van der Waals surface area (Å²) >= 11 is 6.25. The predicted molar refractivity (Wildman–Crippen MR) is 72.1 cm³/mol. The lowest BCUT2D eigenvalue weighted by Crippen LogP contribution is -2.10. The van der Waals surface area contributed by atoms with Gasteiger partial charge in [0.1, 0.15) is 5.75 Å². The van der Waals surface area contributed by atoms with Crippen LogP contribution in [0.15, 0.2) is 12.1 Å². The summed E-state index contributed by atoms with van der Waals surface area (Å²) in [5, 5.41) is 1.77. The molecular formula is C13H17ClN2O. The van der Waals surface area contributed by atoms with Gasteiger partial charge in [0, 0.05) is 23.5 Å². The molecule has 0 aliphatic rings. The number of aromatic nitrogens is 1. The van der Waals surface area contributed by atoms with Crippen LogP contribution in [0.2, 0.25) is 5.02 Å². The second-order valence-corrected chi connectivity index (χ2v) is 4.71. The third-order valence-corrected chi connectivity index (χ3v) is 3.54. The Bertz CT molecular complexity index is 548. The molecular weight excluding hydrogens is 236 g/mol. The summed E-state index contributed by atoms with van der Waals surface area (Å²) < 4.78 is 5.34. The van der Waals surface area contributed by atoms with Crippen LogP contribution in [0.4, 0.5) is 0 Å². The molecule has 2 rings (SSSR count). The minimum atomic E-state index is 0.281. The minimum Gasteiger partial charge on any atom is -0.495 e. The van der Waals surface area contributed by atoms with Crippen molar-refractivity contribution in [2.24, 2.45) is 5.73 Å². The average molecular weight is 253 g/mol. The van der Waals surface area contributed by atoms with Gasteiger partial charge in [-0.3, -0.25) is 0 Å². The summed E-state index contributed by atoms with van der Waals surface area (Å²) in [6.45, 7) is 4.76. The van der Waals surface area contributed by atoms with Crippen LogP contribution in [0.1, 0.15) is 24.1 Å². The Kier molecular flexibility index (Phi) is 3.31. The van der Waals surface area contributed by atoms with Crippen molar-refractivity contribution in [3.8, 4) is 5.75 Å². The maximum atomic E-state index is 6.25. The third-order valence-electron chi connectivity index (χ3n) is 3.22. The largest absolute Gasteiger partial charge is 0.495 e. The van der Waals surface area contributed by atoms with Crippen LogP contribution >= 0.6 is 11.6 Å². The maximum Gasteiger partial charge on any atom is 0.143 e. The number of benzene rings is 1. The number of nitrogens with one attached hydrogen (secondary N) is 1. The number of hydrogen-bond acceptors (Lipinski definition) is 2. The molecule has 0 saturated carbocycles. The molecule has 1 unspecified atom stereocenters. The number of H-pyrrole nitrogens is 1. The quantitative estimate of drug-likeness (QED) is 0.881. The molecule has 0 saturated heterocycles. The summed E-state index contributed by atoms with van der Waals surface area (Å²) in [7, 11) is 1.66. The summed E-state index contributed by atoms with van der Waals surface area (Å²) in [5.41, 5.74) is 8.96. The summed E-state index contributed by atoms with van der Waals surface area (Å²) in [6.07, 6.45) is 0. The molecule has 0 aliphatic heterocycles. The zero-order chi connectivity index (χ0) is 12.6. The van der Waals surface area contributed by atoms with Gasteiger partial charge in [-0.1, -0.05) is 18.5 Å². The lowest BCUT2D eigenvalue weighted by atomic mass is 10.0. The zero-order valence-electron chi connectivity index (χ0n) is 10.3. The van der Waals surface area contributed by atoms with Gasteiger partial charge < -0.3 is 15.5 Å². The molecule has 4 heteroatoms. The van der Waals surface area contributed by atoms with Crippen LogP contribution in [0.3, 0.4) is 0 Å². The van der Waals surface area contributed by atoms with Crippen LogP contribution in [-0.4, -0.2) is 18.6 Å². The van der Waals surface area contributed by atoms with Crippen molar-refractivity contribution in [2.75, 3.05) is 13.7 Å². The fourth-order valence-corrected chi connectivity index (χ4v) is 2.49. The number of ether oxygens (including phenoxy) is 1. The maximum absolute atomic E-state index is 6.25. The Morgan fingerprint density at radius 2 is 2.18 bits per heavy atom. The van der Waals surface area contributed by atoms with Crippen LogP contribution in [-0.2, 0) is 0 Å². The fourth-order valence-electron chi connectivity index (χ4n) is 2.19. The highest BCUT2D eigenvalue weighted by molar-refractivity contribution is 6.36. The molecule has 0 aliphatic carbocycles. The van der Waals surface area contributed by atoms with E-state index in [-0.39, 0.29) is 5.92 Å². The predicted octanol–water partition coefficient (Wildman–Crippen LogP) is 3.20. The second kappa shape index (κ2) is 4.59. The summed E-state index contributed by atoms with van der Waals surface area (Å²) in [5.74, 6) is 1.09. The first-order valence-corrected chi connectivity index (χ1v) is 6.02. The highest BCUT2D eigenvalue weighted by atomic mass is 35.5. The van der Waals surface area contributed by atoms with Gasteiger partial charge >= 0.3 is 0 Å². The van der Waals surface area contributed by atoms with Crippen LogP contribution in [0.25, 0.3) is 10.9 Å². The Balaban J connectivity index is 2.76. The van der Waals surface area contributed by atoms with Gasteiger partial charge in [0.15, 0.2) is 0 Å². The van der Waals surface area contributed by atoms with Crippen LogP contribution in [0.5, 0.6) is 5.75 Å². The van der Waals surface area contributed by atoms with Gasteiger partial charge in [0.25, 0.3) is 0 Å². The van der Waals surface area contributed by atoms with Crippen LogP contribution in [0, 0.1) is 6.92 Å². The standard InChI is InChI=1S/C13H17ClN2O/c1-7(6-15)12-8(2)11-9(14)4-5-10(17-3)13(11)16-12/h4-5,7,16H,6,15H2,1-3H3. The van der Waals surface area contributed by atoms with E-state index in [1.54, 1.807) is 7.11 Å². The smallest absolute Gasteiger partial charge is 0.143 e. The number of nitrogens with two attached hydrogens (primary N) is 1. The average Bonchev–Trinajstić information content (AvgIpc) is 2.68. The van der Waals surface area contributed by atoms with Gasteiger partial charge in [-0.05, 0) is 24.6 Å². The van der Waals surface area contributed by atoms with Crippen molar-refractivity contribution >= 4 is 22.5 Å². The molecule has 0 fully saturated rings. The van der Waals surface area contributed by atoms with E-state index in [1.807, 2.05) is 12.1 Å². The van der Waals surface area contributed by atoms with Crippen molar-refractivity contribution in [2.45, 2.75) is 19.8 Å². The molecule has 0 spiro atoms. The Labute approximate surface area is 106 Å². The topological polar surface area (TPSA) is 51.0 Å². The van der Waals surface area contributed by atoms with Gasteiger partial charge in [-0.15, -0.1) is 0 Å². The number of fused-ring (bicyclic) bond motifs is 1. The molecule has 1 heterocycles. The van der Waals surface area contributed by atoms with Gasteiger partial charge in [-0.2, -0.15) is 0 Å². The lowest BCUT2D eigenvalue weighted by molar-refractivity contribution is 0.419. The Morgan fingerprint density at radius 3 is 2.76 bits per heavy atom. The van der Waals surface area contributed by atoms with E-state index in [0.29, 0.717) is 6.54 Å². The Hall–Kier alpha value is -1.19. The fraction of sp³-hybridized carbons (Fsp3) is 0.385. The van der Waals surface area contributed by atoms with Crippen molar-refractivity contribution in [3.63, 3.8) is 0 Å². The zero-order valence-corrected chi connectivity index (χ0v) is 11.1. The SMILES string of the molecule is COc1ccc(Cl)c2c(C)c(C(C)CN)[nH]c12. The van der Waals surface area contributed by atoms with Gasteiger partial charge in [0.05, 0.1) is 17.6 Å². The lowest BCUT2D eigenvalue weighted by Gasteiger charge is -2.07. The summed E-state index contributed by atoms with van der Waals surface area (Å²) in [6, 6.07) is 3.73. The van der Waals surface area contributed by atoms with Crippen LogP contribution < -0.4 is 10.5 Å². The molecule has 0 radical (unpaired) electrons. The molecule has 1 aromatic heterocycles. The molecule has 0 bridgehead atoms. The minimum absolute atomic E-state index is 0.281. The molecule has 17 heavy (non-hydrogen) atoms.